The summed E-state index contributed by atoms with van der Waals surface area (Å²) in [7, 11) is 0. The topological polar surface area (TPSA) is 21.6 Å². The van der Waals surface area contributed by atoms with Crippen LogP contribution in [0.2, 0.25) is 0 Å². The van der Waals surface area contributed by atoms with E-state index in [1.165, 1.54) is 11.1 Å². The molecule has 0 radical (unpaired) electrons. The molecule has 0 amide bonds. The van der Waals surface area contributed by atoms with Gasteiger partial charge in [-0.15, -0.1) is 11.8 Å². The highest BCUT2D eigenvalue weighted by molar-refractivity contribution is 8.13. The summed E-state index contributed by atoms with van der Waals surface area (Å²) >= 11 is 1.92. The fourth-order valence-corrected chi connectivity index (χ4v) is 6.67. The Labute approximate surface area is 189 Å². The summed E-state index contributed by atoms with van der Waals surface area (Å²) in [4.78, 5) is 4.85. The highest BCUT2D eigenvalue weighted by atomic mass is 32.2. The second-order valence-corrected chi connectivity index (χ2v) is 14.4. The van der Waals surface area contributed by atoms with Crippen LogP contribution in [0, 0.1) is 21.7 Å². The lowest BCUT2D eigenvalue weighted by Crippen LogP contribution is -2.42. The van der Waals surface area contributed by atoms with Crippen LogP contribution in [-0.4, -0.2) is 22.9 Å². The van der Waals surface area contributed by atoms with Crippen molar-refractivity contribution in [3.63, 3.8) is 0 Å². The first-order valence-corrected chi connectivity index (χ1v) is 12.4. The van der Waals surface area contributed by atoms with Gasteiger partial charge in [-0.05, 0) is 39.7 Å². The molecule has 4 atom stereocenters. The van der Waals surface area contributed by atoms with Crippen LogP contribution < -0.4 is 4.74 Å². The van der Waals surface area contributed by atoms with E-state index in [4.69, 9.17) is 9.73 Å². The lowest BCUT2D eigenvalue weighted by molar-refractivity contribution is 0.0517. The van der Waals surface area contributed by atoms with Gasteiger partial charge < -0.3 is 4.74 Å². The van der Waals surface area contributed by atoms with Crippen molar-refractivity contribution in [1.29, 1.82) is 0 Å². The van der Waals surface area contributed by atoms with Crippen LogP contribution in [0.5, 0.6) is 5.75 Å². The smallest absolute Gasteiger partial charge is 0.123 e. The number of fused-ring (bicyclic) bond motifs is 1. The van der Waals surface area contributed by atoms with Gasteiger partial charge in [0.2, 0.25) is 0 Å². The van der Waals surface area contributed by atoms with Gasteiger partial charge in [0, 0.05) is 16.7 Å². The zero-order valence-corrected chi connectivity index (χ0v) is 21.9. The molecule has 2 aliphatic rings. The molecule has 0 N–H and O–H groups in total. The van der Waals surface area contributed by atoms with Gasteiger partial charge in [-0.2, -0.15) is 0 Å². The van der Waals surface area contributed by atoms with Crippen molar-refractivity contribution in [2.75, 3.05) is 0 Å². The summed E-state index contributed by atoms with van der Waals surface area (Å²) in [6.45, 7) is 25.8. The summed E-state index contributed by atoms with van der Waals surface area (Å²) < 4.78 is 6.53. The van der Waals surface area contributed by atoms with Gasteiger partial charge in [-0.25, -0.2) is 0 Å². The zero-order chi connectivity index (χ0) is 22.7. The highest BCUT2D eigenvalue weighted by Crippen LogP contribution is 2.53. The van der Waals surface area contributed by atoms with Gasteiger partial charge >= 0.3 is 0 Å². The summed E-state index contributed by atoms with van der Waals surface area (Å²) in [5, 5.41) is 0.503. The molecule has 0 saturated carbocycles. The van der Waals surface area contributed by atoms with E-state index >= 15 is 0 Å². The quantitative estimate of drug-likeness (QED) is 0.490. The first-order valence-electron chi connectivity index (χ1n) is 11.5. The minimum absolute atomic E-state index is 0.105. The van der Waals surface area contributed by atoms with Crippen molar-refractivity contribution in [3.05, 3.63) is 29.3 Å². The Bertz CT molecular complexity index is 804. The Morgan fingerprint density at radius 2 is 1.50 bits per heavy atom. The van der Waals surface area contributed by atoms with Crippen molar-refractivity contribution < 1.29 is 4.74 Å². The maximum atomic E-state index is 6.53. The first kappa shape index (κ1) is 23.7. The van der Waals surface area contributed by atoms with Gasteiger partial charge in [0.15, 0.2) is 0 Å². The maximum absolute atomic E-state index is 6.53. The summed E-state index contributed by atoms with van der Waals surface area (Å²) in [6.07, 6.45) is 1.27. The van der Waals surface area contributed by atoms with Gasteiger partial charge in [-0.1, -0.05) is 88.3 Å². The number of hydrogen-bond donors (Lipinski definition) is 0. The van der Waals surface area contributed by atoms with Crippen LogP contribution >= 0.6 is 11.8 Å². The van der Waals surface area contributed by atoms with E-state index in [1.54, 1.807) is 0 Å². The normalized spacial score (nSPS) is 27.3. The van der Waals surface area contributed by atoms with E-state index in [0.717, 1.165) is 12.2 Å². The number of thioether (sulfide) groups is 1. The third-order valence-corrected chi connectivity index (χ3v) is 8.22. The molecule has 0 bridgehead atoms. The van der Waals surface area contributed by atoms with Gasteiger partial charge in [0.05, 0.1) is 11.6 Å². The molecule has 2 aliphatic heterocycles. The summed E-state index contributed by atoms with van der Waals surface area (Å²) in [6, 6.07) is 7.33. The molecule has 1 aromatic rings. The van der Waals surface area contributed by atoms with Gasteiger partial charge in [0.25, 0.3) is 0 Å². The number of rotatable bonds is 3. The molecule has 30 heavy (non-hydrogen) atoms. The van der Waals surface area contributed by atoms with Crippen LogP contribution in [0.1, 0.15) is 93.2 Å². The number of aliphatic imine (C=N–C) groups is 1. The third-order valence-electron chi connectivity index (χ3n) is 6.79. The van der Waals surface area contributed by atoms with Crippen molar-refractivity contribution in [2.45, 2.75) is 106 Å². The van der Waals surface area contributed by atoms with Gasteiger partial charge in [0.1, 0.15) is 11.9 Å². The molecular formula is C27H43NOS. The minimum atomic E-state index is 0.105. The van der Waals surface area contributed by atoms with Crippen LogP contribution in [0.4, 0.5) is 0 Å². The molecule has 0 saturated heterocycles. The molecule has 4 unspecified atom stereocenters. The molecular weight excluding hydrogens is 386 g/mol. The number of benzene rings is 1. The van der Waals surface area contributed by atoms with E-state index < -0.39 is 0 Å². The van der Waals surface area contributed by atoms with E-state index in [9.17, 15) is 0 Å². The standard InChI is InChI=1S/C27H43NOS/c1-24(2,3)20-18-14-17(12-13-19(18)29-22(20)26(7,8)9)15-27(10,11)23-21(25(4,5)6)28-16-30-23/h12-14,16,20-23H,15H2,1-11H3. The fraction of sp³-hybridized carbons (Fsp3) is 0.741. The van der Waals surface area contributed by atoms with E-state index in [2.05, 4.69) is 99.9 Å². The van der Waals surface area contributed by atoms with Crippen LogP contribution in [0.3, 0.4) is 0 Å². The average Bonchev–Trinajstić information content (AvgIpc) is 3.17. The second-order valence-electron chi connectivity index (χ2n) is 13.4. The molecule has 3 heteroatoms. The zero-order valence-electron chi connectivity index (χ0n) is 21.1. The van der Waals surface area contributed by atoms with Crippen LogP contribution in [0.15, 0.2) is 23.2 Å². The maximum Gasteiger partial charge on any atom is 0.123 e. The largest absolute Gasteiger partial charge is 0.489 e. The number of hydrogen-bond acceptors (Lipinski definition) is 3. The SMILES string of the molecule is CC(C)(C)C1N=CSC1C(C)(C)Cc1ccc2c(c1)C(C(C)(C)C)C(C(C)(C)C)O2. The molecule has 0 fully saturated rings. The number of ether oxygens (including phenoxy) is 1. The Morgan fingerprint density at radius 3 is 2.03 bits per heavy atom. The number of nitrogens with zero attached hydrogens (tertiary/aromatic N) is 1. The monoisotopic (exact) mass is 429 g/mol. The van der Waals surface area contributed by atoms with Crippen LogP contribution in [-0.2, 0) is 6.42 Å². The molecule has 0 spiro atoms. The Kier molecular flexibility index (Phi) is 5.98. The molecule has 0 aliphatic carbocycles. The van der Waals surface area contributed by atoms with Gasteiger partial charge in [-0.3, -0.25) is 4.99 Å². The minimum Gasteiger partial charge on any atom is -0.489 e. The van der Waals surface area contributed by atoms with E-state index in [1.807, 2.05) is 11.8 Å². The predicted octanol–water partition coefficient (Wildman–Crippen LogP) is 7.75. The molecule has 0 aromatic heterocycles. The van der Waals surface area contributed by atoms with Crippen molar-refractivity contribution in [2.24, 2.45) is 26.7 Å². The lowest BCUT2D eigenvalue weighted by Gasteiger charge is -2.39. The lowest BCUT2D eigenvalue weighted by atomic mass is 9.67. The van der Waals surface area contributed by atoms with Crippen molar-refractivity contribution >= 4 is 17.3 Å². The fourth-order valence-electron chi connectivity index (χ4n) is 5.26. The van der Waals surface area contributed by atoms with E-state index in [0.29, 0.717) is 17.2 Å². The Hall–Kier alpha value is -0.960. The van der Waals surface area contributed by atoms with Crippen molar-refractivity contribution in [1.82, 2.24) is 0 Å². The predicted molar refractivity (Wildman–Crippen MR) is 133 cm³/mol. The average molecular weight is 430 g/mol. The van der Waals surface area contributed by atoms with E-state index in [-0.39, 0.29) is 27.8 Å². The summed E-state index contributed by atoms with van der Waals surface area (Å²) in [5.74, 6) is 1.49. The molecule has 3 rings (SSSR count). The Balaban J connectivity index is 1.91. The third kappa shape index (κ3) is 4.61. The second kappa shape index (κ2) is 7.57. The molecule has 2 heterocycles. The van der Waals surface area contributed by atoms with Crippen molar-refractivity contribution in [3.8, 4) is 5.75 Å². The molecule has 2 nitrogen and oxygen atoms in total. The molecule has 168 valence electrons. The Morgan fingerprint density at radius 1 is 0.867 bits per heavy atom. The first-order chi connectivity index (χ1) is 13.5. The molecule has 1 aromatic carbocycles. The summed E-state index contributed by atoms with van der Waals surface area (Å²) in [5.41, 5.74) is 5.52. The van der Waals surface area contributed by atoms with Crippen LogP contribution in [0.25, 0.3) is 0 Å². The highest BCUT2D eigenvalue weighted by Gasteiger charge is 2.48.